The van der Waals surface area contributed by atoms with Crippen molar-refractivity contribution in [2.24, 2.45) is 5.92 Å². The maximum absolute atomic E-state index is 11.9. The quantitative estimate of drug-likeness (QED) is 0.745. The molecule has 0 aliphatic carbocycles. The van der Waals surface area contributed by atoms with Gasteiger partial charge in [0, 0.05) is 36.1 Å². The molecule has 1 amide bonds. The third-order valence-corrected chi connectivity index (χ3v) is 4.93. The van der Waals surface area contributed by atoms with Crippen LogP contribution in [-0.4, -0.2) is 45.2 Å². The lowest BCUT2D eigenvalue weighted by Crippen LogP contribution is -2.46. The van der Waals surface area contributed by atoms with E-state index in [0.29, 0.717) is 0 Å². The molecule has 1 saturated heterocycles. The molecule has 3 aromatic rings. The number of amides is 1. The van der Waals surface area contributed by atoms with Gasteiger partial charge < -0.3 is 10.2 Å². The van der Waals surface area contributed by atoms with Crippen LogP contribution in [0.1, 0.15) is 19.8 Å². The molecule has 0 spiro atoms. The smallest absolute Gasteiger partial charge is 0.237 e. The second-order valence-corrected chi connectivity index (χ2v) is 6.60. The number of nitrogens with one attached hydrogen (secondary N) is 2. The Morgan fingerprint density at radius 1 is 1.38 bits per heavy atom. The number of pyridine rings is 1. The van der Waals surface area contributed by atoms with Gasteiger partial charge in [0.15, 0.2) is 5.65 Å². The van der Waals surface area contributed by atoms with Crippen molar-refractivity contribution < 1.29 is 4.79 Å². The van der Waals surface area contributed by atoms with Crippen LogP contribution >= 0.6 is 0 Å². The fourth-order valence-electron chi connectivity index (χ4n) is 3.44. The van der Waals surface area contributed by atoms with Gasteiger partial charge in [-0.3, -0.25) is 9.89 Å². The number of anilines is 1. The van der Waals surface area contributed by atoms with Crippen molar-refractivity contribution in [1.29, 1.82) is 5.26 Å². The molecule has 26 heavy (non-hydrogen) atoms. The zero-order valence-corrected chi connectivity index (χ0v) is 14.4. The molecule has 0 radical (unpaired) electrons. The summed E-state index contributed by atoms with van der Waals surface area (Å²) in [6.45, 7) is 3.24. The molecule has 4 rings (SSSR count). The molecule has 0 saturated carbocycles. The molecule has 1 aliphatic heterocycles. The van der Waals surface area contributed by atoms with Gasteiger partial charge in [0.2, 0.25) is 5.91 Å². The van der Waals surface area contributed by atoms with Crippen LogP contribution < -0.4 is 10.2 Å². The highest BCUT2D eigenvalue weighted by Gasteiger charge is 2.24. The summed E-state index contributed by atoms with van der Waals surface area (Å²) in [7, 11) is 0. The van der Waals surface area contributed by atoms with Crippen molar-refractivity contribution in [2.75, 3.05) is 18.0 Å². The number of carbonyl (C=O) groups excluding carboxylic acids is 1. The monoisotopic (exact) mass is 349 g/mol. The first kappa shape index (κ1) is 16.3. The zero-order chi connectivity index (χ0) is 18.1. The van der Waals surface area contributed by atoms with Gasteiger partial charge in [0.1, 0.15) is 5.92 Å². The fourth-order valence-corrected chi connectivity index (χ4v) is 3.44. The van der Waals surface area contributed by atoms with Crippen molar-refractivity contribution in [3.8, 4) is 6.07 Å². The Bertz CT molecular complexity index is 998. The summed E-state index contributed by atoms with van der Waals surface area (Å²) < 4.78 is 0. The molecule has 2 N–H and O–H groups in total. The number of H-pyrrole nitrogens is 1. The molecular formula is C18H19N7O. The standard InChI is InChI=1S/C18H19N7O/c1-11(8-19)18(26)23-12-3-6-25(7-4-12)15-10-22-24-14-9-21-17-13(16(14)15)2-5-20-17/h2,5,9-12,24H,3-4,6-7H2,1H3,(H,23,26). The van der Waals surface area contributed by atoms with Crippen LogP contribution in [0.25, 0.3) is 21.9 Å². The molecule has 1 fully saturated rings. The van der Waals surface area contributed by atoms with Crippen molar-refractivity contribution in [3.63, 3.8) is 0 Å². The minimum absolute atomic E-state index is 0.103. The Hall–Kier alpha value is -3.21. The summed E-state index contributed by atoms with van der Waals surface area (Å²) in [5.41, 5.74) is 2.65. The predicted octanol–water partition coefficient (Wildman–Crippen LogP) is 1.75. The number of aromatic amines is 1. The first-order valence-electron chi connectivity index (χ1n) is 8.69. The summed E-state index contributed by atoms with van der Waals surface area (Å²) in [5.74, 6) is -0.806. The van der Waals surface area contributed by atoms with E-state index in [2.05, 4.69) is 30.4 Å². The first-order valence-corrected chi connectivity index (χ1v) is 8.69. The summed E-state index contributed by atoms with van der Waals surface area (Å²) in [5, 5.41) is 21.2. The molecule has 1 atom stereocenters. The molecule has 1 unspecified atom stereocenters. The highest BCUT2D eigenvalue weighted by atomic mass is 16.1. The van der Waals surface area contributed by atoms with Crippen molar-refractivity contribution >= 4 is 33.5 Å². The SMILES string of the molecule is CC(C#N)C(=O)NC1CCN(c2cn[nH]c3cnc4nccc4c23)CC1. The number of piperidine rings is 1. The van der Waals surface area contributed by atoms with Gasteiger partial charge in [-0.2, -0.15) is 10.4 Å². The molecule has 132 valence electrons. The van der Waals surface area contributed by atoms with Crippen LogP contribution in [0.15, 0.2) is 24.7 Å². The number of nitriles is 1. The highest BCUT2D eigenvalue weighted by Crippen LogP contribution is 2.31. The number of hydrogen-bond acceptors (Lipinski definition) is 6. The fraction of sp³-hybridized carbons (Fsp3) is 0.389. The Morgan fingerprint density at radius 3 is 2.96 bits per heavy atom. The molecule has 0 bridgehead atoms. The number of aromatic nitrogens is 4. The van der Waals surface area contributed by atoms with Crippen LogP contribution in [0.5, 0.6) is 0 Å². The Morgan fingerprint density at radius 2 is 2.19 bits per heavy atom. The van der Waals surface area contributed by atoms with Gasteiger partial charge in [-0.15, -0.1) is 0 Å². The number of rotatable bonds is 3. The maximum Gasteiger partial charge on any atom is 0.237 e. The zero-order valence-electron chi connectivity index (χ0n) is 14.4. The normalized spacial score (nSPS) is 16.5. The van der Waals surface area contributed by atoms with Gasteiger partial charge in [0.25, 0.3) is 0 Å². The van der Waals surface area contributed by atoms with E-state index in [0.717, 1.165) is 53.6 Å². The summed E-state index contributed by atoms with van der Waals surface area (Å²) in [6, 6.07) is 4.05. The van der Waals surface area contributed by atoms with E-state index in [4.69, 9.17) is 5.26 Å². The second kappa shape index (κ2) is 6.59. The summed E-state index contributed by atoms with van der Waals surface area (Å²) in [4.78, 5) is 22.8. The topological polar surface area (TPSA) is 111 Å². The third kappa shape index (κ3) is 2.81. The number of nitrogens with zero attached hydrogens (tertiary/aromatic N) is 5. The van der Waals surface area contributed by atoms with E-state index < -0.39 is 5.92 Å². The number of hydrogen-bond donors (Lipinski definition) is 2. The van der Waals surface area contributed by atoms with Crippen molar-refractivity contribution in [3.05, 3.63) is 24.7 Å². The highest BCUT2D eigenvalue weighted by molar-refractivity contribution is 6.09. The van der Waals surface area contributed by atoms with Gasteiger partial charge in [-0.1, -0.05) is 0 Å². The molecule has 0 aromatic carbocycles. The molecule has 3 aromatic heterocycles. The minimum atomic E-state index is -0.614. The average Bonchev–Trinajstić information content (AvgIpc) is 3.16. The van der Waals surface area contributed by atoms with Crippen molar-refractivity contribution in [2.45, 2.75) is 25.8 Å². The molecular weight excluding hydrogens is 330 g/mol. The molecule has 8 heteroatoms. The van der Waals surface area contributed by atoms with E-state index in [1.54, 1.807) is 19.3 Å². The van der Waals surface area contributed by atoms with Crippen LogP contribution in [0.3, 0.4) is 0 Å². The second-order valence-electron chi connectivity index (χ2n) is 6.60. The summed E-state index contributed by atoms with van der Waals surface area (Å²) >= 11 is 0. The van der Waals surface area contributed by atoms with Crippen LogP contribution in [-0.2, 0) is 4.79 Å². The van der Waals surface area contributed by atoms with Crippen molar-refractivity contribution in [1.82, 2.24) is 25.5 Å². The van der Waals surface area contributed by atoms with Gasteiger partial charge >= 0.3 is 0 Å². The molecule has 1 aliphatic rings. The summed E-state index contributed by atoms with van der Waals surface area (Å²) in [6.07, 6.45) is 7.03. The van der Waals surface area contributed by atoms with Crippen LogP contribution in [0.2, 0.25) is 0 Å². The Kier molecular flexibility index (Phi) is 4.13. The lowest BCUT2D eigenvalue weighted by atomic mass is 10.0. The average molecular weight is 349 g/mol. The van der Waals surface area contributed by atoms with Gasteiger partial charge in [-0.05, 0) is 25.8 Å². The lowest BCUT2D eigenvalue weighted by molar-refractivity contribution is -0.123. The Balaban J connectivity index is 1.56. The number of fused-ring (bicyclic) bond motifs is 3. The van der Waals surface area contributed by atoms with E-state index >= 15 is 0 Å². The van der Waals surface area contributed by atoms with Gasteiger partial charge in [0.05, 0.1) is 29.7 Å². The van der Waals surface area contributed by atoms with E-state index in [1.165, 1.54) is 0 Å². The lowest BCUT2D eigenvalue weighted by Gasteiger charge is -2.34. The Labute approximate surface area is 150 Å². The third-order valence-electron chi connectivity index (χ3n) is 4.93. The van der Waals surface area contributed by atoms with Crippen LogP contribution in [0, 0.1) is 17.2 Å². The van der Waals surface area contributed by atoms with E-state index in [9.17, 15) is 4.79 Å². The molecule has 8 nitrogen and oxygen atoms in total. The number of carbonyl (C=O) groups is 1. The minimum Gasteiger partial charge on any atom is -0.370 e. The van der Waals surface area contributed by atoms with Crippen LogP contribution in [0.4, 0.5) is 5.69 Å². The largest absolute Gasteiger partial charge is 0.370 e. The van der Waals surface area contributed by atoms with E-state index in [-0.39, 0.29) is 11.9 Å². The maximum atomic E-state index is 11.9. The first-order chi connectivity index (χ1) is 12.7. The van der Waals surface area contributed by atoms with E-state index in [1.807, 2.05) is 18.3 Å². The molecule has 4 heterocycles. The predicted molar refractivity (Wildman–Crippen MR) is 97.3 cm³/mol. The van der Waals surface area contributed by atoms with Gasteiger partial charge in [-0.25, -0.2) is 9.97 Å².